The van der Waals surface area contributed by atoms with Gasteiger partial charge in [-0.3, -0.25) is 14.9 Å². The summed E-state index contributed by atoms with van der Waals surface area (Å²) >= 11 is 5.79. The van der Waals surface area contributed by atoms with Crippen LogP contribution in [0.5, 0.6) is 5.75 Å². The van der Waals surface area contributed by atoms with Gasteiger partial charge in [0.05, 0.1) is 10.6 Å². The molecule has 0 bridgehead atoms. The van der Waals surface area contributed by atoms with E-state index in [1.165, 1.54) is 36.4 Å². The second kappa shape index (κ2) is 9.44. The first-order valence-electron chi connectivity index (χ1n) is 10.2. The number of carbonyl (C=O) groups excluding carboxylic acids is 2. The molecule has 1 amide bonds. The van der Waals surface area contributed by atoms with Crippen molar-refractivity contribution in [1.82, 2.24) is 5.43 Å². The van der Waals surface area contributed by atoms with E-state index in [2.05, 4.69) is 10.5 Å². The summed E-state index contributed by atoms with van der Waals surface area (Å²) in [6.45, 7) is 1.68. The number of ether oxygens (including phenoxy) is 1. The van der Waals surface area contributed by atoms with E-state index in [1.54, 1.807) is 6.92 Å². The minimum atomic E-state index is -0.740. The lowest BCUT2D eigenvalue weighted by molar-refractivity contribution is -0.384. The van der Waals surface area contributed by atoms with Crippen LogP contribution in [0.15, 0.2) is 52.0 Å². The van der Waals surface area contributed by atoms with E-state index in [9.17, 15) is 24.1 Å². The second-order valence-electron chi connectivity index (χ2n) is 7.47. The normalized spacial score (nSPS) is 13.9. The van der Waals surface area contributed by atoms with Gasteiger partial charge in [0.1, 0.15) is 22.3 Å². The van der Waals surface area contributed by atoms with Gasteiger partial charge in [-0.15, -0.1) is 0 Å². The molecule has 0 unspecified atom stereocenters. The molecule has 0 atom stereocenters. The minimum absolute atomic E-state index is 0.0106. The third-order valence-corrected chi connectivity index (χ3v) is 5.55. The zero-order valence-electron chi connectivity index (χ0n) is 17.8. The minimum Gasteiger partial charge on any atom is -0.453 e. The number of esters is 1. The van der Waals surface area contributed by atoms with Crippen molar-refractivity contribution in [2.45, 2.75) is 26.2 Å². The number of nitro groups is 1. The summed E-state index contributed by atoms with van der Waals surface area (Å²) in [5.74, 6) is -1.17. The number of benzene rings is 2. The first kappa shape index (κ1) is 23.1. The summed E-state index contributed by atoms with van der Waals surface area (Å²) in [5.41, 5.74) is 3.62. The number of hydrogen-bond donors (Lipinski definition) is 1. The Morgan fingerprint density at radius 3 is 2.65 bits per heavy atom. The van der Waals surface area contributed by atoms with E-state index in [0.717, 1.165) is 6.07 Å². The Bertz CT molecular complexity index is 1330. The number of carbonyl (C=O) groups is 2. The number of nitrogens with zero attached hydrogens (tertiary/aromatic N) is 2. The molecule has 0 saturated heterocycles. The quantitative estimate of drug-likeness (QED) is 0.235. The van der Waals surface area contributed by atoms with Gasteiger partial charge in [-0.25, -0.2) is 14.6 Å². The van der Waals surface area contributed by atoms with Crippen LogP contribution in [-0.2, 0) is 6.42 Å². The molecule has 1 N–H and O–H groups in total. The van der Waals surface area contributed by atoms with Gasteiger partial charge in [0.15, 0.2) is 0 Å². The molecule has 1 aromatic heterocycles. The highest BCUT2D eigenvalue weighted by Crippen LogP contribution is 2.31. The lowest BCUT2D eigenvalue weighted by atomic mass is 9.93. The zero-order valence-corrected chi connectivity index (χ0v) is 18.5. The number of furan rings is 1. The van der Waals surface area contributed by atoms with Gasteiger partial charge < -0.3 is 9.15 Å². The van der Waals surface area contributed by atoms with Crippen LogP contribution in [0.2, 0.25) is 5.02 Å². The maximum Gasteiger partial charge on any atom is 0.379 e. The van der Waals surface area contributed by atoms with Crippen LogP contribution in [0.4, 0.5) is 10.1 Å². The number of hydrazone groups is 1. The zero-order chi connectivity index (χ0) is 24.4. The smallest absolute Gasteiger partial charge is 0.379 e. The molecule has 0 radical (unpaired) electrons. The molecule has 3 aromatic rings. The van der Waals surface area contributed by atoms with Crippen LogP contribution in [0, 0.1) is 22.9 Å². The molecular weight excluding hydrogens is 469 g/mol. The Kier molecular flexibility index (Phi) is 6.42. The van der Waals surface area contributed by atoms with Crippen molar-refractivity contribution in [3.8, 4) is 5.75 Å². The van der Waals surface area contributed by atoms with Crippen molar-refractivity contribution >= 4 is 34.9 Å². The molecule has 11 heteroatoms. The van der Waals surface area contributed by atoms with Crippen molar-refractivity contribution < 1.29 is 28.1 Å². The van der Waals surface area contributed by atoms with Gasteiger partial charge >= 0.3 is 5.97 Å². The standard InChI is InChI=1S/C23H17ClFN3O6/c1-12-20-17(26-27-22(29)13-5-10-16(24)18(11-13)28(31)32)3-2-4-19(20)34-21(12)23(30)33-15-8-6-14(25)7-9-15/h5-11H,2-4H2,1H3,(H,27,29)/b26-17+. The molecule has 0 spiro atoms. The number of rotatable bonds is 5. The summed E-state index contributed by atoms with van der Waals surface area (Å²) in [4.78, 5) is 35.5. The van der Waals surface area contributed by atoms with Gasteiger partial charge in [0.2, 0.25) is 5.76 Å². The van der Waals surface area contributed by atoms with Gasteiger partial charge in [0.25, 0.3) is 11.6 Å². The monoisotopic (exact) mass is 485 g/mol. The predicted octanol–water partition coefficient (Wildman–Crippen LogP) is 4.98. The summed E-state index contributed by atoms with van der Waals surface area (Å²) in [6, 6.07) is 8.68. The van der Waals surface area contributed by atoms with Crippen molar-refractivity contribution in [3.63, 3.8) is 0 Å². The third kappa shape index (κ3) is 4.67. The molecule has 0 saturated carbocycles. The molecule has 4 rings (SSSR count). The molecule has 1 aliphatic carbocycles. The molecule has 0 fully saturated rings. The average molecular weight is 486 g/mol. The van der Waals surface area contributed by atoms with E-state index in [1.807, 2.05) is 0 Å². The van der Waals surface area contributed by atoms with E-state index < -0.39 is 28.3 Å². The van der Waals surface area contributed by atoms with Crippen LogP contribution in [-0.4, -0.2) is 22.5 Å². The Hall–Kier alpha value is -4.05. The lowest BCUT2D eigenvalue weighted by Gasteiger charge is -2.13. The largest absolute Gasteiger partial charge is 0.453 e. The van der Waals surface area contributed by atoms with Crippen molar-refractivity contribution in [2.24, 2.45) is 5.10 Å². The molecule has 174 valence electrons. The fourth-order valence-electron chi connectivity index (χ4n) is 3.61. The van der Waals surface area contributed by atoms with Crippen molar-refractivity contribution in [3.05, 3.63) is 91.6 Å². The Labute approximate surface area is 197 Å². The van der Waals surface area contributed by atoms with Crippen LogP contribution in [0.25, 0.3) is 0 Å². The molecule has 0 aliphatic heterocycles. The molecular formula is C23H17ClFN3O6. The van der Waals surface area contributed by atoms with E-state index in [4.69, 9.17) is 20.8 Å². The first-order valence-corrected chi connectivity index (χ1v) is 10.5. The number of hydrogen-bond acceptors (Lipinski definition) is 7. The van der Waals surface area contributed by atoms with Gasteiger partial charge in [0, 0.05) is 29.2 Å². The van der Waals surface area contributed by atoms with Crippen molar-refractivity contribution in [2.75, 3.05) is 0 Å². The van der Waals surface area contributed by atoms with Gasteiger partial charge in [-0.2, -0.15) is 5.10 Å². The molecule has 9 nitrogen and oxygen atoms in total. The number of amides is 1. The number of fused-ring (bicyclic) bond motifs is 1. The highest BCUT2D eigenvalue weighted by atomic mass is 35.5. The molecule has 34 heavy (non-hydrogen) atoms. The Morgan fingerprint density at radius 2 is 1.94 bits per heavy atom. The first-order chi connectivity index (χ1) is 16.2. The second-order valence-corrected chi connectivity index (χ2v) is 7.88. The number of halogens is 2. The van der Waals surface area contributed by atoms with Crippen LogP contribution in [0.1, 0.15) is 50.6 Å². The summed E-state index contributed by atoms with van der Waals surface area (Å²) < 4.78 is 24.1. The van der Waals surface area contributed by atoms with Crippen molar-refractivity contribution in [1.29, 1.82) is 0 Å². The SMILES string of the molecule is Cc1c(C(=O)Oc2ccc(F)cc2)oc2c1/C(=N/NC(=O)c1ccc(Cl)c([N+](=O)[O-])c1)CCC2. The van der Waals surface area contributed by atoms with Crippen LogP contribution >= 0.6 is 11.6 Å². The Balaban J connectivity index is 1.56. The highest BCUT2D eigenvalue weighted by molar-refractivity contribution is 6.32. The van der Waals surface area contributed by atoms with Gasteiger partial charge in [-0.05, 0) is 56.2 Å². The van der Waals surface area contributed by atoms with Crippen LogP contribution in [0.3, 0.4) is 0 Å². The van der Waals surface area contributed by atoms with Crippen LogP contribution < -0.4 is 10.2 Å². The number of nitrogens with one attached hydrogen (secondary N) is 1. The fraction of sp³-hybridized carbons (Fsp3) is 0.174. The molecule has 2 aromatic carbocycles. The topological polar surface area (TPSA) is 124 Å². The van der Waals surface area contributed by atoms with E-state index in [0.29, 0.717) is 41.9 Å². The number of aryl methyl sites for hydroxylation is 1. The average Bonchev–Trinajstić information content (AvgIpc) is 3.16. The maximum absolute atomic E-state index is 13.1. The lowest BCUT2D eigenvalue weighted by Crippen LogP contribution is -2.22. The fourth-order valence-corrected chi connectivity index (χ4v) is 3.79. The summed E-state index contributed by atoms with van der Waals surface area (Å²) in [6.07, 6.45) is 1.75. The summed E-state index contributed by atoms with van der Waals surface area (Å²) in [5, 5.41) is 15.2. The molecule has 1 heterocycles. The maximum atomic E-state index is 13.1. The number of nitro benzene ring substituents is 1. The summed E-state index contributed by atoms with van der Waals surface area (Å²) in [7, 11) is 0. The Morgan fingerprint density at radius 1 is 1.21 bits per heavy atom. The highest BCUT2D eigenvalue weighted by Gasteiger charge is 2.29. The predicted molar refractivity (Wildman–Crippen MR) is 120 cm³/mol. The third-order valence-electron chi connectivity index (χ3n) is 5.23. The molecule has 1 aliphatic rings. The van der Waals surface area contributed by atoms with Gasteiger partial charge in [-0.1, -0.05) is 11.6 Å². The van der Waals surface area contributed by atoms with E-state index in [-0.39, 0.29) is 22.1 Å². The van der Waals surface area contributed by atoms with E-state index >= 15 is 0 Å².